The number of rotatable bonds is 9. The number of nitrogens with one attached hydrogen (secondary N) is 2. The van der Waals surface area contributed by atoms with Crippen molar-refractivity contribution in [1.82, 2.24) is 10.6 Å². The van der Waals surface area contributed by atoms with E-state index in [0.29, 0.717) is 23.2 Å². The van der Waals surface area contributed by atoms with E-state index < -0.39 is 11.7 Å². The van der Waals surface area contributed by atoms with Crippen molar-refractivity contribution in [3.8, 4) is 11.8 Å². The third-order valence-corrected chi connectivity index (χ3v) is 4.97. The van der Waals surface area contributed by atoms with Crippen LogP contribution in [0.25, 0.3) is 0 Å². The second-order valence-electron chi connectivity index (χ2n) is 6.05. The number of ether oxygens (including phenoxy) is 1. The molecule has 156 valence electrons. The topological polar surface area (TPSA) is 91.2 Å². The van der Waals surface area contributed by atoms with Gasteiger partial charge in [0.2, 0.25) is 0 Å². The zero-order valence-electron chi connectivity index (χ0n) is 16.1. The van der Waals surface area contributed by atoms with Gasteiger partial charge >= 0.3 is 0 Å². The molecular formula is C21H19ClFN3O3S. The summed E-state index contributed by atoms with van der Waals surface area (Å²) in [5, 5.41) is 14.4. The summed E-state index contributed by atoms with van der Waals surface area (Å²) in [5.74, 6) is -1.26. The van der Waals surface area contributed by atoms with Crippen molar-refractivity contribution in [2.45, 2.75) is 11.3 Å². The fourth-order valence-corrected chi connectivity index (χ4v) is 3.02. The lowest BCUT2D eigenvalue weighted by Gasteiger charge is -2.11. The van der Waals surface area contributed by atoms with E-state index in [1.807, 2.05) is 6.26 Å². The van der Waals surface area contributed by atoms with Gasteiger partial charge in [-0.05, 0) is 36.6 Å². The minimum absolute atomic E-state index is 0.0359. The second kappa shape index (κ2) is 11.2. The van der Waals surface area contributed by atoms with Crippen molar-refractivity contribution in [3.63, 3.8) is 0 Å². The molecule has 0 saturated carbocycles. The molecule has 9 heteroatoms. The predicted molar refractivity (Wildman–Crippen MR) is 114 cm³/mol. The van der Waals surface area contributed by atoms with Gasteiger partial charge in [-0.15, -0.1) is 11.8 Å². The Morgan fingerprint density at radius 2 is 2.07 bits per heavy atom. The maximum Gasteiger partial charge on any atom is 0.262 e. The van der Waals surface area contributed by atoms with Gasteiger partial charge in [-0.3, -0.25) is 9.59 Å². The van der Waals surface area contributed by atoms with Gasteiger partial charge in [-0.1, -0.05) is 18.2 Å². The third kappa shape index (κ3) is 6.79. The molecule has 0 heterocycles. The third-order valence-electron chi connectivity index (χ3n) is 3.87. The van der Waals surface area contributed by atoms with Crippen LogP contribution in [0.1, 0.15) is 22.3 Å². The highest BCUT2D eigenvalue weighted by molar-refractivity contribution is 7.98. The van der Waals surface area contributed by atoms with Crippen molar-refractivity contribution >= 4 is 35.2 Å². The van der Waals surface area contributed by atoms with E-state index in [9.17, 15) is 14.0 Å². The standard InChI is InChI=1S/C21H19ClFN3O3S/c1-13(26-20(27)12-29-16-4-5-17(22)18(23)10-16)7-8-25-21(28)14-3-6-19(30-2)15(9-14)11-24/h3-6,9-10H,1,7-8,12H2,2H3,(H,25,28)(H,26,27). The van der Waals surface area contributed by atoms with Crippen LogP contribution in [0.3, 0.4) is 0 Å². The molecule has 0 radical (unpaired) electrons. The molecule has 0 aliphatic carbocycles. The van der Waals surface area contributed by atoms with Gasteiger partial charge in [-0.2, -0.15) is 5.26 Å². The number of nitriles is 1. The zero-order valence-corrected chi connectivity index (χ0v) is 17.7. The molecule has 2 aromatic carbocycles. The van der Waals surface area contributed by atoms with Crippen LogP contribution < -0.4 is 15.4 Å². The van der Waals surface area contributed by atoms with E-state index in [-0.39, 0.29) is 29.8 Å². The molecule has 6 nitrogen and oxygen atoms in total. The maximum absolute atomic E-state index is 13.3. The zero-order chi connectivity index (χ0) is 22.1. The van der Waals surface area contributed by atoms with E-state index in [2.05, 4.69) is 23.3 Å². The van der Waals surface area contributed by atoms with Crippen LogP contribution >= 0.6 is 23.4 Å². The lowest BCUT2D eigenvalue weighted by molar-refractivity contribution is -0.122. The summed E-state index contributed by atoms with van der Waals surface area (Å²) in [4.78, 5) is 24.9. The molecule has 30 heavy (non-hydrogen) atoms. The molecule has 0 unspecified atom stereocenters. The molecule has 2 amide bonds. The first-order valence-corrected chi connectivity index (χ1v) is 10.4. The van der Waals surface area contributed by atoms with Crippen molar-refractivity contribution < 1.29 is 18.7 Å². The molecular weight excluding hydrogens is 429 g/mol. The van der Waals surface area contributed by atoms with Gasteiger partial charge in [-0.25, -0.2) is 4.39 Å². The Morgan fingerprint density at radius 3 is 2.73 bits per heavy atom. The lowest BCUT2D eigenvalue weighted by atomic mass is 10.1. The van der Waals surface area contributed by atoms with Crippen LogP contribution in [0.15, 0.2) is 53.6 Å². The maximum atomic E-state index is 13.3. The Hall–Kier alpha value is -3.02. The largest absolute Gasteiger partial charge is 0.484 e. The Bertz CT molecular complexity index is 1010. The first kappa shape index (κ1) is 23.3. The number of carbonyl (C=O) groups excluding carboxylic acids is 2. The van der Waals surface area contributed by atoms with E-state index in [4.69, 9.17) is 21.6 Å². The van der Waals surface area contributed by atoms with Crippen LogP contribution in [-0.2, 0) is 4.79 Å². The normalized spacial score (nSPS) is 10.1. The number of benzene rings is 2. The lowest BCUT2D eigenvalue weighted by Crippen LogP contribution is -2.31. The van der Waals surface area contributed by atoms with Crippen LogP contribution in [-0.4, -0.2) is 31.2 Å². The van der Waals surface area contributed by atoms with Crippen LogP contribution in [0, 0.1) is 17.1 Å². The van der Waals surface area contributed by atoms with E-state index in [1.165, 1.54) is 30.0 Å². The average molecular weight is 448 g/mol. The molecule has 2 N–H and O–H groups in total. The van der Waals surface area contributed by atoms with Crippen molar-refractivity contribution in [1.29, 1.82) is 5.26 Å². The molecule has 0 saturated heterocycles. The average Bonchev–Trinajstić information content (AvgIpc) is 2.73. The quantitative estimate of drug-likeness (QED) is 0.569. The van der Waals surface area contributed by atoms with Gasteiger partial charge in [0.15, 0.2) is 6.61 Å². The highest BCUT2D eigenvalue weighted by Crippen LogP contribution is 2.21. The van der Waals surface area contributed by atoms with Crippen molar-refractivity contribution in [2.24, 2.45) is 0 Å². The van der Waals surface area contributed by atoms with E-state index in [0.717, 1.165) is 11.0 Å². The number of hydrogen-bond donors (Lipinski definition) is 2. The highest BCUT2D eigenvalue weighted by Gasteiger charge is 2.10. The first-order valence-electron chi connectivity index (χ1n) is 8.76. The Balaban J connectivity index is 1.75. The fourth-order valence-electron chi connectivity index (χ4n) is 2.38. The van der Waals surface area contributed by atoms with Crippen molar-refractivity contribution in [2.75, 3.05) is 19.4 Å². The van der Waals surface area contributed by atoms with Gasteiger partial charge in [0.25, 0.3) is 11.8 Å². The molecule has 0 spiro atoms. The molecule has 2 rings (SSSR count). The summed E-state index contributed by atoms with van der Waals surface area (Å²) in [7, 11) is 0. The molecule has 0 fully saturated rings. The van der Waals surface area contributed by atoms with Crippen LogP contribution in [0.5, 0.6) is 5.75 Å². The Labute approximate surface area is 183 Å². The van der Waals surface area contributed by atoms with Gasteiger partial charge in [0, 0.05) is 35.2 Å². The smallest absolute Gasteiger partial charge is 0.262 e. The van der Waals surface area contributed by atoms with Gasteiger partial charge in [0.05, 0.1) is 10.6 Å². The van der Waals surface area contributed by atoms with Gasteiger partial charge < -0.3 is 15.4 Å². The summed E-state index contributed by atoms with van der Waals surface area (Å²) >= 11 is 7.02. The number of amides is 2. The number of halogens is 2. The minimum atomic E-state index is -0.639. The summed E-state index contributed by atoms with van der Waals surface area (Å²) in [6.07, 6.45) is 2.16. The Morgan fingerprint density at radius 1 is 1.30 bits per heavy atom. The number of carbonyl (C=O) groups is 2. The SMILES string of the molecule is C=C(CCNC(=O)c1ccc(SC)c(C#N)c1)NC(=O)COc1ccc(Cl)c(F)c1. The second-order valence-corrected chi connectivity index (χ2v) is 7.30. The van der Waals surface area contributed by atoms with E-state index >= 15 is 0 Å². The molecule has 2 aromatic rings. The highest BCUT2D eigenvalue weighted by atomic mass is 35.5. The molecule has 0 aliphatic rings. The molecule has 0 atom stereocenters. The summed E-state index contributed by atoms with van der Waals surface area (Å²) in [5.41, 5.74) is 1.21. The van der Waals surface area contributed by atoms with E-state index in [1.54, 1.807) is 12.1 Å². The predicted octanol–water partition coefficient (Wildman–Crippen LogP) is 3.90. The molecule has 0 aliphatic heterocycles. The summed E-state index contributed by atoms with van der Waals surface area (Å²) in [6, 6.07) is 10.8. The van der Waals surface area contributed by atoms with Crippen molar-refractivity contribution in [3.05, 3.63) is 70.6 Å². The fraction of sp³-hybridized carbons (Fsp3) is 0.190. The first-order chi connectivity index (χ1) is 14.3. The summed E-state index contributed by atoms with van der Waals surface area (Å²) < 4.78 is 18.5. The van der Waals surface area contributed by atoms with Gasteiger partial charge in [0.1, 0.15) is 17.6 Å². The minimum Gasteiger partial charge on any atom is -0.484 e. The van der Waals surface area contributed by atoms with Crippen LogP contribution in [0.4, 0.5) is 4.39 Å². The summed E-state index contributed by atoms with van der Waals surface area (Å²) in [6.45, 7) is 3.65. The molecule has 0 bridgehead atoms. The number of hydrogen-bond acceptors (Lipinski definition) is 5. The number of nitrogens with zero attached hydrogens (tertiary/aromatic N) is 1. The molecule has 0 aromatic heterocycles. The number of thioether (sulfide) groups is 1. The van der Waals surface area contributed by atoms with Crippen LogP contribution in [0.2, 0.25) is 5.02 Å². The Kier molecular flexibility index (Phi) is 8.71. The monoisotopic (exact) mass is 447 g/mol.